The van der Waals surface area contributed by atoms with Crippen LogP contribution in [0.3, 0.4) is 0 Å². The molecule has 0 aliphatic heterocycles. The number of aliphatic hydroxyl groups excluding tert-OH is 1. The molecule has 0 radical (unpaired) electrons. The van der Waals surface area contributed by atoms with Gasteiger partial charge in [0.15, 0.2) is 0 Å². The van der Waals surface area contributed by atoms with Crippen molar-refractivity contribution in [2.24, 2.45) is 0 Å². The molecule has 3 rings (SSSR count). The fourth-order valence-corrected chi connectivity index (χ4v) is 3.30. The van der Waals surface area contributed by atoms with E-state index in [4.69, 9.17) is 4.42 Å². The van der Waals surface area contributed by atoms with Gasteiger partial charge in [-0.2, -0.15) is 0 Å². The topological polar surface area (TPSA) is 62.5 Å². The summed E-state index contributed by atoms with van der Waals surface area (Å²) in [4.78, 5) is 11.9. The first-order valence-electron chi connectivity index (χ1n) is 8.96. The molecule has 0 spiro atoms. The predicted octanol–water partition coefficient (Wildman–Crippen LogP) is 4.05. The first kappa shape index (κ1) is 18.4. The summed E-state index contributed by atoms with van der Waals surface area (Å²) >= 11 is 0. The van der Waals surface area contributed by atoms with E-state index < -0.39 is 6.10 Å². The molecule has 4 nitrogen and oxygen atoms in total. The molecule has 1 aromatic heterocycles. The van der Waals surface area contributed by atoms with E-state index in [2.05, 4.69) is 25.2 Å². The van der Waals surface area contributed by atoms with E-state index in [1.165, 1.54) is 11.6 Å². The zero-order valence-corrected chi connectivity index (χ0v) is 15.5. The van der Waals surface area contributed by atoms with Crippen LogP contribution >= 0.6 is 0 Å². The molecule has 3 aromatic rings. The average molecular weight is 351 g/mol. The van der Waals surface area contributed by atoms with E-state index in [0.717, 1.165) is 22.1 Å². The average Bonchev–Trinajstić information content (AvgIpc) is 2.61. The Kier molecular flexibility index (Phi) is 5.55. The van der Waals surface area contributed by atoms with Crippen LogP contribution in [-0.4, -0.2) is 11.7 Å². The monoisotopic (exact) mass is 351 g/mol. The zero-order chi connectivity index (χ0) is 18.7. The molecule has 0 aliphatic rings. The third-order valence-corrected chi connectivity index (χ3v) is 4.68. The van der Waals surface area contributed by atoms with Crippen LogP contribution in [0.4, 0.5) is 0 Å². The lowest BCUT2D eigenvalue weighted by atomic mass is 9.95. The molecule has 1 atom stereocenters. The van der Waals surface area contributed by atoms with Crippen LogP contribution < -0.4 is 10.9 Å². The Labute approximate surface area is 153 Å². The molecule has 0 saturated heterocycles. The summed E-state index contributed by atoms with van der Waals surface area (Å²) in [6, 6.07) is 15.1. The lowest BCUT2D eigenvalue weighted by molar-refractivity contribution is 0.174. The minimum atomic E-state index is -0.587. The summed E-state index contributed by atoms with van der Waals surface area (Å²) in [5, 5.41) is 14.5. The Morgan fingerprint density at radius 2 is 1.85 bits per heavy atom. The highest BCUT2D eigenvalue weighted by Crippen LogP contribution is 2.26. The molecule has 0 amide bonds. The van der Waals surface area contributed by atoms with Gasteiger partial charge in [-0.05, 0) is 47.2 Å². The fourth-order valence-electron chi connectivity index (χ4n) is 3.30. The number of nitrogens with one attached hydrogen (secondary N) is 1. The van der Waals surface area contributed by atoms with E-state index in [0.29, 0.717) is 24.6 Å². The molecular weight excluding hydrogens is 326 g/mol. The molecule has 26 heavy (non-hydrogen) atoms. The number of rotatable bonds is 6. The molecule has 2 N–H and O–H groups in total. The van der Waals surface area contributed by atoms with Gasteiger partial charge in [0, 0.05) is 24.5 Å². The third-order valence-electron chi connectivity index (χ3n) is 4.68. The Balaban J connectivity index is 1.83. The van der Waals surface area contributed by atoms with Gasteiger partial charge in [0.2, 0.25) is 0 Å². The summed E-state index contributed by atoms with van der Waals surface area (Å²) in [6.45, 7) is 7.25. The van der Waals surface area contributed by atoms with Crippen LogP contribution in [-0.2, 0) is 6.54 Å². The van der Waals surface area contributed by atoms with Gasteiger partial charge < -0.3 is 14.8 Å². The van der Waals surface area contributed by atoms with Crippen molar-refractivity contribution in [1.29, 1.82) is 0 Å². The number of aliphatic hydroxyl groups is 1. The molecule has 0 unspecified atom stereocenters. The molecule has 136 valence electrons. The van der Waals surface area contributed by atoms with Crippen LogP contribution in [0.2, 0.25) is 0 Å². The summed E-state index contributed by atoms with van der Waals surface area (Å²) in [5.74, 6) is 0.395. The Morgan fingerprint density at radius 3 is 2.54 bits per heavy atom. The molecule has 0 saturated carbocycles. The second kappa shape index (κ2) is 7.85. The highest BCUT2D eigenvalue weighted by Gasteiger charge is 2.12. The van der Waals surface area contributed by atoms with Crippen molar-refractivity contribution >= 4 is 11.0 Å². The van der Waals surface area contributed by atoms with Gasteiger partial charge in [0.1, 0.15) is 5.58 Å². The van der Waals surface area contributed by atoms with Gasteiger partial charge in [0.25, 0.3) is 0 Å². The lowest BCUT2D eigenvalue weighted by Crippen LogP contribution is -2.21. The second-order valence-electron chi connectivity index (χ2n) is 7.01. The Bertz CT molecular complexity index is 945. The standard InChI is InChI=1S/C22H25NO3/c1-14(2)18-11-19-17(10-22(25)26-21(19)9-15(18)3)12-23-13-20(24)16-7-5-4-6-8-16/h4-11,14,20,23-24H,12-13H2,1-3H3/t20-/m1/s1. The van der Waals surface area contributed by atoms with E-state index >= 15 is 0 Å². The van der Waals surface area contributed by atoms with Gasteiger partial charge in [0.05, 0.1) is 6.10 Å². The normalized spacial score (nSPS) is 12.7. The van der Waals surface area contributed by atoms with E-state index in [1.807, 2.05) is 43.3 Å². The predicted molar refractivity (Wildman–Crippen MR) is 104 cm³/mol. The third kappa shape index (κ3) is 4.03. The van der Waals surface area contributed by atoms with Gasteiger partial charge in [-0.1, -0.05) is 44.2 Å². The minimum Gasteiger partial charge on any atom is -0.423 e. The quantitative estimate of drug-likeness (QED) is 0.658. The largest absolute Gasteiger partial charge is 0.423 e. The van der Waals surface area contributed by atoms with Gasteiger partial charge in [-0.15, -0.1) is 0 Å². The maximum Gasteiger partial charge on any atom is 0.336 e. The summed E-state index contributed by atoms with van der Waals surface area (Å²) in [6.07, 6.45) is -0.587. The molecule has 4 heteroatoms. The number of aryl methyl sites for hydroxylation is 1. The molecule has 0 fully saturated rings. The number of fused-ring (bicyclic) bond motifs is 1. The maximum absolute atomic E-state index is 11.9. The lowest BCUT2D eigenvalue weighted by Gasteiger charge is -2.15. The number of benzene rings is 2. The van der Waals surface area contributed by atoms with Crippen LogP contribution in [0.15, 0.2) is 57.7 Å². The zero-order valence-electron chi connectivity index (χ0n) is 15.5. The molecule has 0 aliphatic carbocycles. The number of hydrogen-bond acceptors (Lipinski definition) is 4. The molecular formula is C22H25NO3. The molecule has 2 aromatic carbocycles. The molecule has 0 bridgehead atoms. The van der Waals surface area contributed by atoms with Crippen LogP contribution in [0, 0.1) is 6.92 Å². The molecule has 1 heterocycles. The van der Waals surface area contributed by atoms with Crippen molar-refractivity contribution in [1.82, 2.24) is 5.32 Å². The smallest absolute Gasteiger partial charge is 0.336 e. The summed E-state index contributed by atoms with van der Waals surface area (Å²) < 4.78 is 5.38. The van der Waals surface area contributed by atoms with Gasteiger partial charge >= 0.3 is 5.63 Å². The van der Waals surface area contributed by atoms with Crippen molar-refractivity contribution in [2.75, 3.05) is 6.54 Å². The highest BCUT2D eigenvalue weighted by atomic mass is 16.4. The summed E-state index contributed by atoms with van der Waals surface area (Å²) in [5.41, 5.74) is 4.39. The van der Waals surface area contributed by atoms with Crippen molar-refractivity contribution in [2.45, 2.75) is 39.3 Å². The number of hydrogen-bond donors (Lipinski definition) is 2. The van der Waals surface area contributed by atoms with E-state index in [9.17, 15) is 9.90 Å². The van der Waals surface area contributed by atoms with Gasteiger partial charge in [-0.3, -0.25) is 0 Å². The first-order valence-corrected chi connectivity index (χ1v) is 8.96. The van der Waals surface area contributed by atoms with Crippen molar-refractivity contribution in [3.05, 3.63) is 81.2 Å². The maximum atomic E-state index is 11.9. The van der Waals surface area contributed by atoms with Crippen molar-refractivity contribution in [3.8, 4) is 0 Å². The highest BCUT2D eigenvalue weighted by molar-refractivity contribution is 5.82. The summed E-state index contributed by atoms with van der Waals surface area (Å²) in [7, 11) is 0. The SMILES string of the molecule is Cc1cc2oc(=O)cc(CNC[C@@H](O)c3ccccc3)c2cc1C(C)C. The van der Waals surface area contributed by atoms with Crippen molar-refractivity contribution < 1.29 is 9.52 Å². The van der Waals surface area contributed by atoms with Gasteiger partial charge in [-0.25, -0.2) is 4.79 Å². The van der Waals surface area contributed by atoms with E-state index in [-0.39, 0.29) is 5.63 Å². The van der Waals surface area contributed by atoms with E-state index in [1.54, 1.807) is 0 Å². The van der Waals surface area contributed by atoms with Crippen molar-refractivity contribution in [3.63, 3.8) is 0 Å². The minimum absolute atomic E-state index is 0.352. The van der Waals surface area contributed by atoms with Crippen LogP contribution in [0.1, 0.15) is 48.1 Å². The Hall–Kier alpha value is -2.43. The first-order chi connectivity index (χ1) is 12.5. The van der Waals surface area contributed by atoms with Crippen LogP contribution in [0.5, 0.6) is 0 Å². The fraction of sp³-hybridized carbons (Fsp3) is 0.318. The van der Waals surface area contributed by atoms with Crippen LogP contribution in [0.25, 0.3) is 11.0 Å². The second-order valence-corrected chi connectivity index (χ2v) is 7.01. The Morgan fingerprint density at radius 1 is 1.12 bits per heavy atom.